The maximum absolute atomic E-state index is 10.3. The molecule has 0 bridgehead atoms. The minimum Gasteiger partial charge on any atom is -0.303 e. The molecule has 0 aliphatic rings. The number of allylic oxidation sites excluding steroid dienone is 1. The number of aldehydes is 1. The van der Waals surface area contributed by atoms with Crippen LogP contribution in [0.2, 0.25) is 0 Å². The van der Waals surface area contributed by atoms with Gasteiger partial charge in [0.2, 0.25) is 0 Å². The van der Waals surface area contributed by atoms with Gasteiger partial charge in [-0.25, -0.2) is 0 Å². The molecule has 0 saturated carbocycles. The van der Waals surface area contributed by atoms with Crippen LogP contribution in [0.15, 0.2) is 36.4 Å². The maximum atomic E-state index is 10.3. The minimum absolute atomic E-state index is 0.207. The number of hydrogen-bond donors (Lipinski definition) is 0. The molecular weight excluding hydrogens is 208 g/mol. The molecule has 1 aromatic carbocycles. The Labute approximate surface area is 105 Å². The summed E-state index contributed by atoms with van der Waals surface area (Å²) in [6, 6.07) is 10.3. The van der Waals surface area contributed by atoms with Crippen LogP contribution in [-0.2, 0) is 4.79 Å². The predicted octanol–water partition coefficient (Wildman–Crippen LogP) is 4.49. The fourth-order valence-corrected chi connectivity index (χ4v) is 1.83. The molecule has 0 N–H and O–H groups in total. The highest BCUT2D eigenvalue weighted by atomic mass is 16.1. The fraction of sp³-hybridized carbons (Fsp3) is 0.438. The van der Waals surface area contributed by atoms with Crippen molar-refractivity contribution < 1.29 is 4.79 Å². The van der Waals surface area contributed by atoms with E-state index in [0.29, 0.717) is 6.42 Å². The van der Waals surface area contributed by atoms with E-state index in [1.54, 1.807) is 0 Å². The smallest absolute Gasteiger partial charge is 0.119 e. The molecule has 0 radical (unpaired) electrons. The molecule has 0 fully saturated rings. The largest absolute Gasteiger partial charge is 0.303 e. The summed E-state index contributed by atoms with van der Waals surface area (Å²) < 4.78 is 0. The molecule has 0 saturated heterocycles. The lowest BCUT2D eigenvalue weighted by atomic mass is 9.81. The summed E-state index contributed by atoms with van der Waals surface area (Å²) in [5.74, 6) is 0. The van der Waals surface area contributed by atoms with Gasteiger partial charge in [0.1, 0.15) is 6.29 Å². The number of carbonyl (C=O) groups is 1. The van der Waals surface area contributed by atoms with Crippen LogP contribution >= 0.6 is 0 Å². The van der Waals surface area contributed by atoms with Crippen LogP contribution in [0.1, 0.15) is 45.1 Å². The Kier molecular flexibility index (Phi) is 5.68. The summed E-state index contributed by atoms with van der Waals surface area (Å²) >= 11 is 0. The quantitative estimate of drug-likeness (QED) is 0.498. The lowest BCUT2D eigenvalue weighted by Gasteiger charge is -2.23. The summed E-state index contributed by atoms with van der Waals surface area (Å²) in [6.45, 7) is 4.47. The maximum Gasteiger partial charge on any atom is 0.119 e. The van der Waals surface area contributed by atoms with Crippen LogP contribution in [0.4, 0.5) is 0 Å². The summed E-state index contributed by atoms with van der Waals surface area (Å²) in [5, 5.41) is 0. The molecule has 0 spiro atoms. The van der Waals surface area contributed by atoms with Crippen LogP contribution in [0, 0.1) is 5.41 Å². The molecule has 0 amide bonds. The monoisotopic (exact) mass is 230 g/mol. The van der Waals surface area contributed by atoms with Gasteiger partial charge in [-0.1, -0.05) is 56.3 Å². The molecule has 0 aromatic heterocycles. The Morgan fingerprint density at radius 2 is 1.94 bits per heavy atom. The number of benzene rings is 1. The van der Waals surface area contributed by atoms with E-state index in [2.05, 4.69) is 50.3 Å². The zero-order chi connectivity index (χ0) is 12.6. The van der Waals surface area contributed by atoms with E-state index in [4.69, 9.17) is 0 Å². The van der Waals surface area contributed by atoms with Crippen molar-refractivity contribution in [3.63, 3.8) is 0 Å². The third-order valence-corrected chi connectivity index (χ3v) is 3.36. The number of carbonyl (C=O) groups excluding carboxylic acids is 1. The van der Waals surface area contributed by atoms with E-state index in [0.717, 1.165) is 25.5 Å². The molecule has 1 aromatic rings. The first-order valence-electron chi connectivity index (χ1n) is 6.38. The van der Waals surface area contributed by atoms with E-state index >= 15 is 0 Å². The van der Waals surface area contributed by atoms with E-state index in [9.17, 15) is 4.79 Å². The van der Waals surface area contributed by atoms with Gasteiger partial charge in [0, 0.05) is 6.42 Å². The number of unbranched alkanes of at least 4 members (excludes halogenated alkanes) is 1. The molecule has 92 valence electrons. The first-order chi connectivity index (χ1) is 8.20. The molecule has 1 rings (SSSR count). The minimum atomic E-state index is 0.207. The fourth-order valence-electron chi connectivity index (χ4n) is 1.83. The van der Waals surface area contributed by atoms with Crippen LogP contribution in [0.3, 0.4) is 0 Å². The molecule has 1 nitrogen and oxygen atoms in total. The Bertz CT molecular complexity index is 353. The van der Waals surface area contributed by atoms with Crippen LogP contribution in [0.5, 0.6) is 0 Å². The average Bonchev–Trinajstić information content (AvgIpc) is 2.38. The van der Waals surface area contributed by atoms with Gasteiger partial charge in [0.15, 0.2) is 0 Å². The number of rotatable bonds is 7. The molecule has 0 heterocycles. The summed E-state index contributed by atoms with van der Waals surface area (Å²) in [4.78, 5) is 10.3. The Balaban J connectivity index is 2.61. The lowest BCUT2D eigenvalue weighted by Crippen LogP contribution is -2.11. The zero-order valence-corrected chi connectivity index (χ0v) is 10.9. The molecule has 0 aliphatic heterocycles. The van der Waals surface area contributed by atoms with Gasteiger partial charge in [0.25, 0.3) is 0 Å². The van der Waals surface area contributed by atoms with Crippen molar-refractivity contribution in [1.29, 1.82) is 0 Å². The van der Waals surface area contributed by atoms with Crippen LogP contribution < -0.4 is 0 Å². The van der Waals surface area contributed by atoms with Crippen molar-refractivity contribution in [1.82, 2.24) is 0 Å². The van der Waals surface area contributed by atoms with Gasteiger partial charge < -0.3 is 4.79 Å². The lowest BCUT2D eigenvalue weighted by molar-refractivity contribution is -0.108. The van der Waals surface area contributed by atoms with Gasteiger partial charge in [-0.2, -0.15) is 0 Å². The molecule has 0 aliphatic carbocycles. The van der Waals surface area contributed by atoms with Gasteiger partial charge in [-0.15, -0.1) is 0 Å². The Hall–Kier alpha value is -1.37. The first kappa shape index (κ1) is 13.7. The molecule has 0 unspecified atom stereocenters. The van der Waals surface area contributed by atoms with E-state index in [1.807, 2.05) is 6.07 Å². The van der Waals surface area contributed by atoms with Gasteiger partial charge in [-0.05, 0) is 30.2 Å². The second-order valence-corrected chi connectivity index (χ2v) is 4.81. The second kappa shape index (κ2) is 7.05. The van der Waals surface area contributed by atoms with Crippen molar-refractivity contribution in [3.8, 4) is 0 Å². The highest BCUT2D eigenvalue weighted by molar-refractivity contribution is 5.50. The van der Waals surface area contributed by atoms with Crippen molar-refractivity contribution in [3.05, 3.63) is 42.0 Å². The first-order valence-corrected chi connectivity index (χ1v) is 6.38. The highest BCUT2D eigenvalue weighted by Crippen LogP contribution is 2.30. The van der Waals surface area contributed by atoms with Crippen molar-refractivity contribution >= 4 is 12.4 Å². The Morgan fingerprint density at radius 1 is 1.24 bits per heavy atom. The molecular formula is C16H22O. The van der Waals surface area contributed by atoms with Crippen molar-refractivity contribution in [2.24, 2.45) is 5.41 Å². The van der Waals surface area contributed by atoms with E-state index in [1.165, 1.54) is 5.56 Å². The number of hydrogen-bond acceptors (Lipinski definition) is 1. The SMILES string of the molecule is CC[C@@](C)(/C=C/c1ccccc1)CCCC=O. The standard InChI is InChI=1S/C16H22O/c1-3-16(2,12-7-8-14-17)13-11-15-9-5-4-6-10-15/h4-6,9-11,13-14H,3,7-8,12H2,1-2H3/b13-11+/t16-/m1/s1. The molecule has 17 heavy (non-hydrogen) atoms. The van der Waals surface area contributed by atoms with E-state index in [-0.39, 0.29) is 5.41 Å². The van der Waals surface area contributed by atoms with Crippen LogP contribution in [-0.4, -0.2) is 6.29 Å². The average molecular weight is 230 g/mol. The van der Waals surface area contributed by atoms with Crippen molar-refractivity contribution in [2.45, 2.75) is 39.5 Å². The van der Waals surface area contributed by atoms with E-state index < -0.39 is 0 Å². The predicted molar refractivity (Wildman–Crippen MR) is 73.8 cm³/mol. The van der Waals surface area contributed by atoms with Crippen molar-refractivity contribution in [2.75, 3.05) is 0 Å². The van der Waals surface area contributed by atoms with Gasteiger partial charge >= 0.3 is 0 Å². The Morgan fingerprint density at radius 3 is 2.53 bits per heavy atom. The molecule has 1 atom stereocenters. The third kappa shape index (κ3) is 4.99. The van der Waals surface area contributed by atoms with Gasteiger partial charge in [-0.3, -0.25) is 0 Å². The molecule has 1 heteroatoms. The van der Waals surface area contributed by atoms with Gasteiger partial charge in [0.05, 0.1) is 0 Å². The normalized spacial score (nSPS) is 14.7. The summed E-state index contributed by atoms with van der Waals surface area (Å²) in [5.41, 5.74) is 1.45. The summed E-state index contributed by atoms with van der Waals surface area (Å²) in [7, 11) is 0. The topological polar surface area (TPSA) is 17.1 Å². The third-order valence-electron chi connectivity index (χ3n) is 3.36. The summed E-state index contributed by atoms with van der Waals surface area (Å²) in [6.07, 6.45) is 9.32. The zero-order valence-electron chi connectivity index (χ0n) is 10.9. The van der Waals surface area contributed by atoms with Crippen LogP contribution in [0.25, 0.3) is 6.08 Å². The second-order valence-electron chi connectivity index (χ2n) is 4.81. The highest BCUT2D eigenvalue weighted by Gasteiger charge is 2.17.